The van der Waals surface area contributed by atoms with Crippen molar-refractivity contribution in [3.8, 4) is 11.1 Å². The van der Waals surface area contributed by atoms with Gasteiger partial charge in [0.05, 0.1) is 5.69 Å². The van der Waals surface area contributed by atoms with Gasteiger partial charge < -0.3 is 10.7 Å². The number of carbonyl (C=O) groups is 1. The third-order valence-corrected chi connectivity index (χ3v) is 3.26. The van der Waals surface area contributed by atoms with Gasteiger partial charge in [0, 0.05) is 25.0 Å². The number of nitrogens with zero attached hydrogens (tertiary/aromatic N) is 3. The number of likely N-dealkylation sites (N-methyl/N-ethyl adjacent to an activating group) is 1. The minimum atomic E-state index is -0.177. The van der Waals surface area contributed by atoms with Gasteiger partial charge in [0.25, 0.3) is 5.91 Å². The Bertz CT molecular complexity index is 679. The fraction of sp³-hybridized carbons (Fsp3) is 0.0714. The van der Waals surface area contributed by atoms with Crippen molar-refractivity contribution in [2.75, 3.05) is 11.9 Å². The molecule has 1 aliphatic heterocycles. The molecule has 2 aromatic rings. The normalized spacial score (nSPS) is 15.9. The molecule has 1 aliphatic rings. The number of hydrogen-bond donors (Lipinski definition) is 1. The molecule has 2 N–H and O–H groups in total. The number of rotatable bonds is 1. The van der Waals surface area contributed by atoms with Crippen molar-refractivity contribution in [3.05, 3.63) is 48.3 Å². The average molecular weight is 252 g/mol. The summed E-state index contributed by atoms with van der Waals surface area (Å²) in [6.07, 6.45) is 3.47. The largest absolute Gasteiger partial charge is 0.322 e. The molecule has 1 aromatic carbocycles. The van der Waals surface area contributed by atoms with Gasteiger partial charge in [-0.15, -0.1) is 0 Å². The van der Waals surface area contributed by atoms with E-state index in [4.69, 9.17) is 5.84 Å². The van der Waals surface area contributed by atoms with E-state index >= 15 is 0 Å². The first-order valence-electron chi connectivity index (χ1n) is 5.83. The summed E-state index contributed by atoms with van der Waals surface area (Å²) in [5.41, 5.74) is 3.94. The van der Waals surface area contributed by atoms with Crippen molar-refractivity contribution < 1.29 is 4.79 Å². The first-order chi connectivity index (χ1) is 9.22. The zero-order valence-corrected chi connectivity index (χ0v) is 10.4. The van der Waals surface area contributed by atoms with E-state index in [1.807, 2.05) is 30.3 Å². The first-order valence-corrected chi connectivity index (χ1v) is 5.83. The molecule has 1 aromatic heterocycles. The Balaban J connectivity index is 2.16. The highest BCUT2D eigenvalue weighted by atomic mass is 16.2. The van der Waals surface area contributed by atoms with Crippen LogP contribution in [-0.2, 0) is 4.79 Å². The Hall–Kier alpha value is -2.69. The third kappa shape index (κ3) is 1.67. The van der Waals surface area contributed by atoms with Crippen LogP contribution in [0.3, 0.4) is 0 Å². The zero-order chi connectivity index (χ0) is 13.4. The number of amides is 1. The second-order valence-electron chi connectivity index (χ2n) is 4.31. The van der Waals surface area contributed by atoms with Crippen molar-refractivity contribution in [2.24, 2.45) is 10.9 Å². The van der Waals surface area contributed by atoms with Crippen LogP contribution in [0.5, 0.6) is 0 Å². The third-order valence-electron chi connectivity index (χ3n) is 3.26. The second kappa shape index (κ2) is 4.20. The average Bonchev–Trinajstić information content (AvgIpc) is 2.71. The van der Waals surface area contributed by atoms with Crippen LogP contribution in [0.2, 0.25) is 0 Å². The molecule has 5 heteroatoms. The van der Waals surface area contributed by atoms with Crippen molar-refractivity contribution in [3.63, 3.8) is 0 Å². The summed E-state index contributed by atoms with van der Waals surface area (Å²) in [6.45, 7) is 0. The number of anilines is 1. The fourth-order valence-corrected chi connectivity index (χ4v) is 2.25. The number of fused-ring (bicyclic) bond motifs is 1. The number of pyridine rings is 1. The minimum Gasteiger partial charge on any atom is -0.322 e. The number of nitrogens with two attached hydrogens (primary N) is 1. The number of hydrogen-bond acceptors (Lipinski definition) is 4. The molecular weight excluding hydrogens is 240 g/mol. The van der Waals surface area contributed by atoms with Crippen molar-refractivity contribution >= 4 is 17.3 Å². The van der Waals surface area contributed by atoms with E-state index in [0.717, 1.165) is 22.4 Å². The number of hydrazone groups is 1. The van der Waals surface area contributed by atoms with Crippen LogP contribution in [0.25, 0.3) is 11.1 Å². The molecule has 19 heavy (non-hydrogen) atoms. The standard InChI is InChI=1S/C14H12N4O/c1-18-12-3-2-10(9-4-6-16-7-5-9)8-11(12)13(17-15)14(18)19/h2-8H,15H2,1H3/b17-13-. The van der Waals surface area contributed by atoms with E-state index in [2.05, 4.69) is 10.1 Å². The topological polar surface area (TPSA) is 71.6 Å². The Labute approximate surface area is 110 Å². The summed E-state index contributed by atoms with van der Waals surface area (Å²) >= 11 is 0. The molecule has 0 aliphatic carbocycles. The quantitative estimate of drug-likeness (QED) is 0.615. The van der Waals surface area contributed by atoms with Gasteiger partial charge in [-0.25, -0.2) is 0 Å². The number of aromatic nitrogens is 1. The first kappa shape index (κ1) is 11.4. The van der Waals surface area contributed by atoms with E-state index in [-0.39, 0.29) is 5.91 Å². The zero-order valence-electron chi connectivity index (χ0n) is 10.4. The molecule has 2 heterocycles. The van der Waals surface area contributed by atoms with Crippen molar-refractivity contribution in [1.29, 1.82) is 0 Å². The highest BCUT2D eigenvalue weighted by molar-refractivity contribution is 6.54. The second-order valence-corrected chi connectivity index (χ2v) is 4.31. The van der Waals surface area contributed by atoms with Crippen molar-refractivity contribution in [1.82, 2.24) is 4.98 Å². The Kier molecular flexibility index (Phi) is 2.52. The summed E-state index contributed by atoms with van der Waals surface area (Å²) in [5, 5.41) is 3.61. The molecule has 0 saturated carbocycles. The van der Waals surface area contributed by atoms with Gasteiger partial charge in [0.2, 0.25) is 0 Å². The van der Waals surface area contributed by atoms with Crippen LogP contribution in [0, 0.1) is 0 Å². The van der Waals surface area contributed by atoms with E-state index in [0.29, 0.717) is 5.71 Å². The predicted molar refractivity (Wildman–Crippen MR) is 73.8 cm³/mol. The fourth-order valence-electron chi connectivity index (χ4n) is 2.25. The van der Waals surface area contributed by atoms with E-state index < -0.39 is 0 Å². The minimum absolute atomic E-state index is 0.177. The van der Waals surface area contributed by atoms with Gasteiger partial charge in [-0.3, -0.25) is 9.78 Å². The molecule has 0 saturated heterocycles. The van der Waals surface area contributed by atoms with Crippen LogP contribution in [-0.4, -0.2) is 23.7 Å². The monoisotopic (exact) mass is 252 g/mol. The van der Waals surface area contributed by atoms with Crippen LogP contribution < -0.4 is 10.7 Å². The van der Waals surface area contributed by atoms with E-state index in [1.165, 1.54) is 0 Å². The molecule has 0 bridgehead atoms. The lowest BCUT2D eigenvalue weighted by molar-refractivity contribution is -0.111. The molecule has 0 fully saturated rings. The van der Waals surface area contributed by atoms with Gasteiger partial charge in [0.1, 0.15) is 0 Å². The smallest absolute Gasteiger partial charge is 0.279 e. The van der Waals surface area contributed by atoms with Gasteiger partial charge in [0.15, 0.2) is 5.71 Å². The summed E-state index contributed by atoms with van der Waals surface area (Å²) in [7, 11) is 1.71. The number of benzene rings is 1. The molecule has 0 spiro atoms. The maximum Gasteiger partial charge on any atom is 0.279 e. The van der Waals surface area contributed by atoms with Crippen molar-refractivity contribution in [2.45, 2.75) is 0 Å². The summed E-state index contributed by atoms with van der Waals surface area (Å²) < 4.78 is 0. The SMILES string of the molecule is CN1C(=O)/C(=N\N)c2cc(-c3ccncc3)ccc21. The van der Waals surface area contributed by atoms with Gasteiger partial charge >= 0.3 is 0 Å². The summed E-state index contributed by atoms with van der Waals surface area (Å²) in [6, 6.07) is 9.64. The number of carbonyl (C=O) groups excluding carboxylic acids is 1. The van der Waals surface area contributed by atoms with Gasteiger partial charge in [-0.05, 0) is 35.4 Å². The highest BCUT2D eigenvalue weighted by Gasteiger charge is 2.31. The molecule has 0 unspecified atom stereocenters. The van der Waals surface area contributed by atoms with Crippen LogP contribution in [0.4, 0.5) is 5.69 Å². The lowest BCUT2D eigenvalue weighted by Crippen LogP contribution is -2.26. The summed E-state index contributed by atoms with van der Waals surface area (Å²) in [4.78, 5) is 17.5. The molecule has 1 amide bonds. The Morgan fingerprint density at radius 1 is 1.16 bits per heavy atom. The molecular formula is C14H12N4O. The van der Waals surface area contributed by atoms with E-state index in [1.54, 1.807) is 24.3 Å². The van der Waals surface area contributed by atoms with E-state index in [9.17, 15) is 4.79 Å². The maximum atomic E-state index is 11.9. The lowest BCUT2D eigenvalue weighted by atomic mass is 10.0. The highest BCUT2D eigenvalue weighted by Crippen LogP contribution is 2.32. The molecule has 94 valence electrons. The molecule has 0 atom stereocenters. The van der Waals surface area contributed by atoms with Gasteiger partial charge in [-0.1, -0.05) is 6.07 Å². The Morgan fingerprint density at radius 2 is 1.89 bits per heavy atom. The maximum absolute atomic E-state index is 11.9. The van der Waals surface area contributed by atoms with Crippen LogP contribution in [0.1, 0.15) is 5.56 Å². The molecule has 0 radical (unpaired) electrons. The van der Waals surface area contributed by atoms with Gasteiger partial charge in [-0.2, -0.15) is 5.10 Å². The Morgan fingerprint density at radius 3 is 2.58 bits per heavy atom. The summed E-state index contributed by atoms with van der Waals surface area (Å²) in [5.74, 6) is 5.14. The molecule has 5 nitrogen and oxygen atoms in total. The lowest BCUT2D eigenvalue weighted by Gasteiger charge is -2.09. The molecule has 3 rings (SSSR count). The predicted octanol–water partition coefficient (Wildman–Crippen LogP) is 1.39. The van der Waals surface area contributed by atoms with Crippen LogP contribution >= 0.6 is 0 Å². The van der Waals surface area contributed by atoms with Crippen LogP contribution in [0.15, 0.2) is 47.8 Å².